The molecule has 0 saturated carbocycles. The number of rotatable bonds is 4. The standard InChI is InChI=1S/C12H14ClFO/c1-3-4-12(15)8(2)10-6-5-9(14)7-11(10)13/h5-8H,3-4H2,1-2H3. The Morgan fingerprint density at radius 1 is 1.53 bits per heavy atom. The maximum Gasteiger partial charge on any atom is 0.140 e. The zero-order valence-electron chi connectivity index (χ0n) is 8.89. The molecule has 1 rings (SSSR count). The Balaban J connectivity index is 2.91. The summed E-state index contributed by atoms with van der Waals surface area (Å²) in [5.74, 6) is -0.483. The van der Waals surface area contributed by atoms with Crippen LogP contribution in [-0.4, -0.2) is 5.78 Å². The van der Waals surface area contributed by atoms with Crippen molar-refractivity contribution in [3.63, 3.8) is 0 Å². The van der Waals surface area contributed by atoms with Gasteiger partial charge in [0.15, 0.2) is 0 Å². The van der Waals surface area contributed by atoms with E-state index in [1.165, 1.54) is 12.1 Å². The smallest absolute Gasteiger partial charge is 0.140 e. The van der Waals surface area contributed by atoms with Gasteiger partial charge in [0.1, 0.15) is 11.6 Å². The molecule has 1 nitrogen and oxygen atoms in total. The molecule has 0 aromatic heterocycles. The van der Waals surface area contributed by atoms with E-state index in [1.807, 2.05) is 6.92 Å². The monoisotopic (exact) mass is 228 g/mol. The summed E-state index contributed by atoms with van der Waals surface area (Å²) in [5, 5.41) is 0.326. The van der Waals surface area contributed by atoms with Crippen LogP contribution in [0.25, 0.3) is 0 Å². The van der Waals surface area contributed by atoms with Crippen LogP contribution in [0, 0.1) is 5.82 Å². The van der Waals surface area contributed by atoms with Gasteiger partial charge >= 0.3 is 0 Å². The number of carbonyl (C=O) groups is 1. The Morgan fingerprint density at radius 3 is 2.73 bits per heavy atom. The molecule has 0 N–H and O–H groups in total. The number of Topliss-reactive ketones (excluding diaryl/α,β-unsaturated/α-hetero) is 1. The molecule has 3 heteroatoms. The molecule has 0 bridgehead atoms. The summed E-state index contributed by atoms with van der Waals surface area (Å²) in [4.78, 5) is 11.6. The topological polar surface area (TPSA) is 17.1 Å². The van der Waals surface area contributed by atoms with Gasteiger partial charge in [0.05, 0.1) is 0 Å². The molecule has 1 aromatic rings. The fourth-order valence-corrected chi connectivity index (χ4v) is 1.82. The largest absolute Gasteiger partial charge is 0.299 e. The van der Waals surface area contributed by atoms with E-state index in [4.69, 9.17) is 11.6 Å². The zero-order chi connectivity index (χ0) is 11.4. The zero-order valence-corrected chi connectivity index (χ0v) is 9.64. The Hall–Kier alpha value is -0.890. The Bertz CT molecular complexity index is 363. The van der Waals surface area contributed by atoms with Gasteiger partial charge in [-0.25, -0.2) is 4.39 Å². The molecule has 0 aliphatic carbocycles. The first-order valence-electron chi connectivity index (χ1n) is 5.04. The summed E-state index contributed by atoms with van der Waals surface area (Å²) >= 11 is 5.88. The Morgan fingerprint density at radius 2 is 2.20 bits per heavy atom. The average Bonchev–Trinajstić information content (AvgIpc) is 2.17. The molecule has 0 amide bonds. The molecule has 0 radical (unpaired) electrons. The minimum Gasteiger partial charge on any atom is -0.299 e. The summed E-state index contributed by atoms with van der Waals surface area (Å²) in [6.45, 7) is 3.76. The lowest BCUT2D eigenvalue weighted by molar-refractivity contribution is -0.120. The first-order valence-corrected chi connectivity index (χ1v) is 5.41. The van der Waals surface area contributed by atoms with E-state index in [0.717, 1.165) is 6.42 Å². The molecular formula is C12H14ClFO. The summed E-state index contributed by atoms with van der Waals surface area (Å²) in [7, 11) is 0. The van der Waals surface area contributed by atoms with Crippen molar-refractivity contribution in [3.8, 4) is 0 Å². The number of halogens is 2. The SMILES string of the molecule is CCCC(=O)C(C)c1ccc(F)cc1Cl. The van der Waals surface area contributed by atoms with Crippen LogP contribution < -0.4 is 0 Å². The normalized spacial score (nSPS) is 12.5. The van der Waals surface area contributed by atoms with E-state index in [-0.39, 0.29) is 17.5 Å². The molecule has 0 aliphatic rings. The first-order chi connectivity index (χ1) is 7.06. The van der Waals surface area contributed by atoms with Crippen molar-refractivity contribution in [1.82, 2.24) is 0 Å². The van der Waals surface area contributed by atoms with E-state index >= 15 is 0 Å². The first kappa shape index (κ1) is 12.2. The third-order valence-electron chi connectivity index (χ3n) is 2.41. The summed E-state index contributed by atoms with van der Waals surface area (Å²) in [6.07, 6.45) is 1.36. The Labute approximate surface area is 94.3 Å². The van der Waals surface area contributed by atoms with Gasteiger partial charge < -0.3 is 0 Å². The summed E-state index contributed by atoms with van der Waals surface area (Å²) in [6, 6.07) is 4.15. The van der Waals surface area contributed by atoms with Gasteiger partial charge in [0.25, 0.3) is 0 Å². The van der Waals surface area contributed by atoms with Crippen molar-refractivity contribution in [1.29, 1.82) is 0 Å². The van der Waals surface area contributed by atoms with E-state index in [9.17, 15) is 9.18 Å². The van der Waals surface area contributed by atoms with Gasteiger partial charge in [-0.15, -0.1) is 0 Å². The number of carbonyl (C=O) groups excluding carboxylic acids is 1. The predicted octanol–water partition coefficient (Wildman–Crippen LogP) is 3.95. The third-order valence-corrected chi connectivity index (χ3v) is 2.74. The lowest BCUT2D eigenvalue weighted by atomic mass is 9.94. The van der Waals surface area contributed by atoms with Crippen LogP contribution in [0.3, 0.4) is 0 Å². The van der Waals surface area contributed by atoms with Gasteiger partial charge in [-0.05, 0) is 24.1 Å². The van der Waals surface area contributed by atoms with E-state index in [1.54, 1.807) is 13.0 Å². The molecule has 1 unspecified atom stereocenters. The lowest BCUT2D eigenvalue weighted by Gasteiger charge is -2.11. The maximum absolute atomic E-state index is 12.8. The number of hydrogen-bond donors (Lipinski definition) is 0. The third kappa shape index (κ3) is 3.03. The molecule has 0 fully saturated rings. The Kier molecular flexibility index (Phi) is 4.28. The molecule has 0 aliphatic heterocycles. The van der Waals surface area contributed by atoms with Crippen molar-refractivity contribution < 1.29 is 9.18 Å². The molecule has 0 spiro atoms. The highest BCUT2D eigenvalue weighted by Crippen LogP contribution is 2.26. The van der Waals surface area contributed by atoms with E-state index < -0.39 is 0 Å². The van der Waals surface area contributed by atoms with Crippen LogP contribution in [0.15, 0.2) is 18.2 Å². The predicted molar refractivity (Wildman–Crippen MR) is 59.7 cm³/mol. The molecule has 0 saturated heterocycles. The van der Waals surface area contributed by atoms with Crippen molar-refractivity contribution >= 4 is 17.4 Å². The highest BCUT2D eigenvalue weighted by atomic mass is 35.5. The van der Waals surface area contributed by atoms with E-state index in [2.05, 4.69) is 0 Å². The quantitative estimate of drug-likeness (QED) is 0.763. The fraction of sp³-hybridized carbons (Fsp3) is 0.417. The minimum atomic E-state index is -0.376. The average molecular weight is 229 g/mol. The fourth-order valence-electron chi connectivity index (χ4n) is 1.49. The highest BCUT2D eigenvalue weighted by Gasteiger charge is 2.17. The molecule has 1 aromatic carbocycles. The van der Waals surface area contributed by atoms with Crippen LogP contribution in [0.1, 0.15) is 38.2 Å². The van der Waals surface area contributed by atoms with Gasteiger partial charge in [0.2, 0.25) is 0 Å². The highest BCUT2D eigenvalue weighted by molar-refractivity contribution is 6.31. The molecule has 1 atom stereocenters. The molecule has 82 valence electrons. The molecule has 15 heavy (non-hydrogen) atoms. The number of benzene rings is 1. The number of ketones is 1. The van der Waals surface area contributed by atoms with Crippen molar-refractivity contribution in [2.75, 3.05) is 0 Å². The van der Waals surface area contributed by atoms with Crippen LogP contribution in [0.4, 0.5) is 4.39 Å². The number of hydrogen-bond acceptors (Lipinski definition) is 1. The summed E-state index contributed by atoms with van der Waals surface area (Å²) < 4.78 is 12.8. The van der Waals surface area contributed by atoms with Crippen molar-refractivity contribution in [2.45, 2.75) is 32.6 Å². The van der Waals surface area contributed by atoms with Crippen LogP contribution in [0.5, 0.6) is 0 Å². The second-order valence-electron chi connectivity index (χ2n) is 3.60. The van der Waals surface area contributed by atoms with Crippen molar-refractivity contribution in [3.05, 3.63) is 34.6 Å². The molecular weight excluding hydrogens is 215 g/mol. The minimum absolute atomic E-state index is 0.144. The van der Waals surface area contributed by atoms with E-state index in [0.29, 0.717) is 17.0 Å². The van der Waals surface area contributed by atoms with Crippen molar-refractivity contribution in [2.24, 2.45) is 0 Å². The second kappa shape index (κ2) is 5.26. The lowest BCUT2D eigenvalue weighted by Crippen LogP contribution is -2.09. The van der Waals surface area contributed by atoms with Crippen LogP contribution in [0.2, 0.25) is 5.02 Å². The van der Waals surface area contributed by atoms with Gasteiger partial charge in [0, 0.05) is 17.4 Å². The molecule has 0 heterocycles. The van der Waals surface area contributed by atoms with Crippen LogP contribution in [-0.2, 0) is 4.79 Å². The second-order valence-corrected chi connectivity index (χ2v) is 4.01. The maximum atomic E-state index is 12.8. The van der Waals surface area contributed by atoms with Gasteiger partial charge in [-0.2, -0.15) is 0 Å². The van der Waals surface area contributed by atoms with Gasteiger partial charge in [-0.3, -0.25) is 4.79 Å². The van der Waals surface area contributed by atoms with Crippen LogP contribution >= 0.6 is 11.6 Å². The van der Waals surface area contributed by atoms with Gasteiger partial charge in [-0.1, -0.05) is 31.5 Å². The summed E-state index contributed by atoms with van der Waals surface area (Å²) in [5.41, 5.74) is 0.705.